The van der Waals surface area contributed by atoms with Gasteiger partial charge in [0.1, 0.15) is 25.3 Å². The largest absolute Gasteiger partial charge is 0.309 e. The van der Waals surface area contributed by atoms with E-state index < -0.39 is 0 Å². The van der Waals surface area contributed by atoms with Crippen molar-refractivity contribution in [2.24, 2.45) is 0 Å². The minimum Gasteiger partial charge on any atom is -0.309 e. The molecule has 0 aliphatic carbocycles. The zero-order valence-electron chi connectivity index (χ0n) is 32.9. The molecule has 10 heteroatoms. The van der Waals surface area contributed by atoms with Gasteiger partial charge < -0.3 is 4.57 Å². The Morgan fingerprint density at radius 1 is 0.306 bits per heavy atom. The molecule has 0 aliphatic heterocycles. The Kier molecular flexibility index (Phi) is 8.24. The Bertz CT molecular complexity index is 3270. The summed E-state index contributed by atoms with van der Waals surface area (Å²) in [6.45, 7) is 0. The van der Waals surface area contributed by atoms with Crippen LogP contribution in [0.4, 0.5) is 0 Å². The van der Waals surface area contributed by atoms with Crippen molar-refractivity contribution in [3.63, 3.8) is 0 Å². The van der Waals surface area contributed by atoms with Gasteiger partial charge >= 0.3 is 0 Å². The van der Waals surface area contributed by atoms with Crippen LogP contribution in [0.1, 0.15) is 0 Å². The van der Waals surface area contributed by atoms with Crippen LogP contribution in [-0.2, 0) is 0 Å². The molecule has 0 unspecified atom stereocenters. The maximum atomic E-state index is 5.22. The zero-order valence-corrected chi connectivity index (χ0v) is 32.9. The lowest BCUT2D eigenvalue weighted by Crippen LogP contribution is -2.03. The fourth-order valence-corrected chi connectivity index (χ4v) is 8.62. The van der Waals surface area contributed by atoms with Crippen molar-refractivity contribution < 1.29 is 0 Å². The summed E-state index contributed by atoms with van der Waals surface area (Å²) in [6.07, 6.45) is 6.03. The lowest BCUT2D eigenvalue weighted by molar-refractivity contribution is 0.995. The molecule has 12 aromatic rings. The van der Waals surface area contributed by atoms with Gasteiger partial charge in [-0.2, -0.15) is 0 Å². The second-order valence-corrected chi connectivity index (χ2v) is 15.0. The molecule has 0 saturated heterocycles. The summed E-state index contributed by atoms with van der Waals surface area (Å²) in [5.41, 5.74) is 12.8. The Hall–Kier alpha value is -8.76. The molecule has 0 saturated carbocycles. The van der Waals surface area contributed by atoms with Gasteiger partial charge in [0.05, 0.1) is 33.5 Å². The first-order valence-corrected chi connectivity index (χ1v) is 20.2. The molecule has 7 aromatic carbocycles. The molecule has 0 fully saturated rings. The number of fused-ring (bicyclic) bond motifs is 6. The minimum absolute atomic E-state index is 0.559. The number of rotatable bonds is 7. The van der Waals surface area contributed by atoms with Gasteiger partial charge in [-0.05, 0) is 71.8 Å². The van der Waals surface area contributed by atoms with Crippen LogP contribution >= 0.6 is 0 Å². The van der Waals surface area contributed by atoms with Crippen LogP contribution in [-0.4, -0.2) is 49.0 Å². The monoisotopic (exact) mass is 796 g/mol. The van der Waals surface area contributed by atoms with E-state index in [1.54, 1.807) is 0 Å². The second kappa shape index (κ2) is 14.5. The SMILES string of the molecule is c1ccc(-c2cc(-c3ccccc3)nc(-n3c4ccccc4c4cc(-c5ccc6c(c5)c5ccccc5n6-c5cc(-c6ncncn6)cc(-c6ncncn6)c5)ccc43)n2)cc1. The van der Waals surface area contributed by atoms with E-state index in [1.165, 1.54) is 25.3 Å². The molecular weight excluding hydrogens is 765 g/mol. The molecule has 10 nitrogen and oxygen atoms in total. The summed E-state index contributed by atoms with van der Waals surface area (Å²) in [6, 6.07) is 59.3. The van der Waals surface area contributed by atoms with Gasteiger partial charge in [0.25, 0.3) is 0 Å². The normalized spacial score (nSPS) is 11.5. The highest BCUT2D eigenvalue weighted by Gasteiger charge is 2.20. The second-order valence-electron chi connectivity index (χ2n) is 15.0. The molecule has 0 aliphatic rings. The van der Waals surface area contributed by atoms with Crippen molar-refractivity contribution in [2.45, 2.75) is 0 Å². The van der Waals surface area contributed by atoms with Crippen LogP contribution < -0.4 is 0 Å². The van der Waals surface area contributed by atoms with E-state index in [4.69, 9.17) is 9.97 Å². The summed E-state index contributed by atoms with van der Waals surface area (Å²) in [5, 5.41) is 4.52. The fraction of sp³-hybridized carbons (Fsp3) is 0. The van der Waals surface area contributed by atoms with Gasteiger partial charge in [0.15, 0.2) is 11.6 Å². The predicted molar refractivity (Wildman–Crippen MR) is 245 cm³/mol. The molecule has 0 N–H and O–H groups in total. The van der Waals surface area contributed by atoms with Gasteiger partial charge in [-0.15, -0.1) is 0 Å². The molecular formula is C52H32N10. The summed E-state index contributed by atoms with van der Waals surface area (Å²) in [5.74, 6) is 1.74. The first-order valence-electron chi connectivity index (χ1n) is 20.2. The third kappa shape index (κ3) is 5.97. The lowest BCUT2D eigenvalue weighted by Gasteiger charge is -2.13. The first kappa shape index (κ1) is 35.2. The van der Waals surface area contributed by atoms with Crippen molar-refractivity contribution in [1.82, 2.24) is 49.0 Å². The molecule has 5 heterocycles. The van der Waals surface area contributed by atoms with Crippen LogP contribution in [0.3, 0.4) is 0 Å². The summed E-state index contributed by atoms with van der Waals surface area (Å²) < 4.78 is 4.48. The van der Waals surface area contributed by atoms with Crippen LogP contribution in [0.2, 0.25) is 0 Å². The molecule has 0 amide bonds. The van der Waals surface area contributed by atoms with E-state index in [2.05, 4.69) is 166 Å². The van der Waals surface area contributed by atoms with E-state index in [-0.39, 0.29) is 0 Å². The molecule has 5 aromatic heterocycles. The number of aromatic nitrogens is 10. The standard InChI is InChI=1S/C52H32N10/c1-3-11-33(12-4-1)44-28-45(34-13-5-2-6-14-34)60-52(59-44)62-47-18-10-8-16-41(47)43-27-36(20-22-49(43)62)35-19-21-48-42(26-35)40-15-7-9-17-46(40)61(48)39-24-37(50-55-29-53-30-56-50)23-38(25-39)51-57-31-54-32-58-51/h1-32H. The zero-order chi connectivity index (χ0) is 41.0. The summed E-state index contributed by atoms with van der Waals surface area (Å²) in [7, 11) is 0. The van der Waals surface area contributed by atoms with Gasteiger partial charge in [-0.3, -0.25) is 4.57 Å². The molecule has 12 rings (SSSR count). The van der Waals surface area contributed by atoms with Gasteiger partial charge in [-0.1, -0.05) is 109 Å². The topological polar surface area (TPSA) is 113 Å². The number of nitrogens with zero attached hydrogens (tertiary/aromatic N) is 10. The van der Waals surface area contributed by atoms with Crippen LogP contribution in [0.15, 0.2) is 195 Å². The Labute approximate surface area is 354 Å². The van der Waals surface area contributed by atoms with E-state index >= 15 is 0 Å². The quantitative estimate of drug-likeness (QED) is 0.157. The Morgan fingerprint density at radius 3 is 1.26 bits per heavy atom. The average Bonchev–Trinajstić information content (AvgIpc) is 3.87. The van der Waals surface area contributed by atoms with Crippen molar-refractivity contribution >= 4 is 43.6 Å². The maximum Gasteiger partial charge on any atom is 0.235 e. The van der Waals surface area contributed by atoms with Gasteiger partial charge in [0.2, 0.25) is 5.95 Å². The highest BCUT2D eigenvalue weighted by atomic mass is 15.2. The number of para-hydroxylation sites is 2. The number of hydrogen-bond donors (Lipinski definition) is 0. The lowest BCUT2D eigenvalue weighted by atomic mass is 10.0. The Morgan fingerprint density at radius 2 is 0.742 bits per heavy atom. The molecule has 0 bridgehead atoms. The summed E-state index contributed by atoms with van der Waals surface area (Å²) >= 11 is 0. The Balaban J connectivity index is 1.02. The highest BCUT2D eigenvalue weighted by molar-refractivity contribution is 6.12. The highest BCUT2D eigenvalue weighted by Crippen LogP contribution is 2.39. The smallest absolute Gasteiger partial charge is 0.235 e. The van der Waals surface area contributed by atoms with Crippen LogP contribution in [0.25, 0.3) is 112 Å². The van der Waals surface area contributed by atoms with Crippen molar-refractivity contribution in [3.8, 4) is 68.1 Å². The van der Waals surface area contributed by atoms with Crippen LogP contribution in [0.5, 0.6) is 0 Å². The number of hydrogen-bond acceptors (Lipinski definition) is 8. The molecule has 0 spiro atoms. The van der Waals surface area contributed by atoms with E-state index in [0.29, 0.717) is 17.6 Å². The van der Waals surface area contributed by atoms with Crippen molar-refractivity contribution in [2.75, 3.05) is 0 Å². The molecule has 62 heavy (non-hydrogen) atoms. The van der Waals surface area contributed by atoms with E-state index in [1.807, 2.05) is 42.5 Å². The first-order chi connectivity index (χ1) is 30.7. The molecule has 290 valence electrons. The summed E-state index contributed by atoms with van der Waals surface area (Å²) in [4.78, 5) is 36.4. The third-order valence-electron chi connectivity index (χ3n) is 11.4. The van der Waals surface area contributed by atoms with Crippen molar-refractivity contribution in [1.29, 1.82) is 0 Å². The van der Waals surface area contributed by atoms with Gasteiger partial charge in [-0.25, -0.2) is 39.9 Å². The van der Waals surface area contributed by atoms with E-state index in [0.717, 1.165) is 94.1 Å². The average molecular weight is 797 g/mol. The number of benzene rings is 7. The third-order valence-corrected chi connectivity index (χ3v) is 11.4. The predicted octanol–water partition coefficient (Wildman–Crippen LogP) is 11.4. The van der Waals surface area contributed by atoms with Gasteiger partial charge in [0, 0.05) is 49.5 Å². The van der Waals surface area contributed by atoms with Crippen LogP contribution in [0, 0.1) is 0 Å². The maximum absolute atomic E-state index is 5.22. The molecule has 0 radical (unpaired) electrons. The molecule has 0 atom stereocenters. The van der Waals surface area contributed by atoms with E-state index in [9.17, 15) is 0 Å². The minimum atomic E-state index is 0.559. The fourth-order valence-electron chi connectivity index (χ4n) is 8.62. The van der Waals surface area contributed by atoms with Crippen molar-refractivity contribution in [3.05, 3.63) is 195 Å².